The van der Waals surface area contributed by atoms with Gasteiger partial charge in [0.15, 0.2) is 11.5 Å². The molecule has 0 saturated carbocycles. The molecule has 0 aliphatic carbocycles. The van der Waals surface area contributed by atoms with Crippen LogP contribution in [0.4, 0.5) is 5.69 Å². The maximum atomic E-state index is 12.2. The molecule has 0 unspecified atom stereocenters. The standard InChI is InChI=1S/C20H21N3O3S/c1-25-18-9-6-16(12-19(18)26-2)22-20(24)14-27-13-15-4-7-17(8-5-15)23-11-3-10-21-23/h3-12H,13-14H2,1-2H3,(H,22,24). The summed E-state index contributed by atoms with van der Waals surface area (Å²) >= 11 is 1.56. The zero-order chi connectivity index (χ0) is 19.1. The van der Waals surface area contributed by atoms with Gasteiger partial charge in [0.05, 0.1) is 25.7 Å². The maximum Gasteiger partial charge on any atom is 0.234 e. The molecule has 3 rings (SSSR count). The Bertz CT molecular complexity index is 880. The number of benzene rings is 2. The highest BCUT2D eigenvalue weighted by Crippen LogP contribution is 2.29. The average molecular weight is 383 g/mol. The van der Waals surface area contributed by atoms with E-state index in [0.717, 1.165) is 17.0 Å². The molecule has 1 heterocycles. The topological polar surface area (TPSA) is 65.4 Å². The highest BCUT2D eigenvalue weighted by Gasteiger charge is 2.08. The Morgan fingerprint density at radius 1 is 1.11 bits per heavy atom. The highest BCUT2D eigenvalue weighted by molar-refractivity contribution is 7.99. The van der Waals surface area contributed by atoms with E-state index in [9.17, 15) is 4.79 Å². The van der Waals surface area contributed by atoms with Crippen LogP contribution in [-0.2, 0) is 10.5 Å². The largest absolute Gasteiger partial charge is 0.493 e. The number of amides is 1. The first-order chi connectivity index (χ1) is 13.2. The maximum absolute atomic E-state index is 12.2. The summed E-state index contributed by atoms with van der Waals surface area (Å²) in [7, 11) is 3.14. The van der Waals surface area contributed by atoms with Gasteiger partial charge in [-0.05, 0) is 35.9 Å². The van der Waals surface area contributed by atoms with Crippen LogP contribution >= 0.6 is 11.8 Å². The van der Waals surface area contributed by atoms with Gasteiger partial charge in [-0.25, -0.2) is 4.68 Å². The summed E-state index contributed by atoms with van der Waals surface area (Å²) in [4.78, 5) is 12.2. The number of thioether (sulfide) groups is 1. The van der Waals surface area contributed by atoms with Crippen molar-refractivity contribution in [2.45, 2.75) is 5.75 Å². The fourth-order valence-corrected chi connectivity index (χ4v) is 3.33. The minimum atomic E-state index is -0.0552. The molecule has 0 atom stereocenters. The highest BCUT2D eigenvalue weighted by atomic mass is 32.2. The summed E-state index contributed by atoms with van der Waals surface area (Å²) in [5, 5.41) is 7.08. The van der Waals surface area contributed by atoms with E-state index < -0.39 is 0 Å². The summed E-state index contributed by atoms with van der Waals surface area (Å²) in [6.45, 7) is 0. The van der Waals surface area contributed by atoms with Crippen LogP contribution in [-0.4, -0.2) is 35.7 Å². The normalized spacial score (nSPS) is 10.4. The number of nitrogens with zero attached hydrogens (tertiary/aromatic N) is 2. The SMILES string of the molecule is COc1ccc(NC(=O)CSCc2ccc(-n3cccn3)cc2)cc1OC. The molecule has 0 bridgehead atoms. The Labute approximate surface area is 162 Å². The number of rotatable bonds is 8. The lowest BCUT2D eigenvalue weighted by Gasteiger charge is -2.10. The van der Waals surface area contributed by atoms with Gasteiger partial charge in [-0.2, -0.15) is 5.10 Å². The molecule has 7 heteroatoms. The lowest BCUT2D eigenvalue weighted by molar-refractivity contribution is -0.113. The van der Waals surface area contributed by atoms with Crippen molar-refractivity contribution in [1.82, 2.24) is 9.78 Å². The zero-order valence-corrected chi connectivity index (χ0v) is 16.0. The minimum absolute atomic E-state index is 0.0552. The van der Waals surface area contributed by atoms with Gasteiger partial charge in [0.1, 0.15) is 0 Å². The lowest BCUT2D eigenvalue weighted by atomic mass is 10.2. The fraction of sp³-hybridized carbons (Fsp3) is 0.200. The summed E-state index contributed by atoms with van der Waals surface area (Å²) in [5.74, 6) is 2.29. The van der Waals surface area contributed by atoms with Crippen LogP contribution < -0.4 is 14.8 Å². The van der Waals surface area contributed by atoms with Crippen LogP contribution in [0.1, 0.15) is 5.56 Å². The Morgan fingerprint density at radius 2 is 1.89 bits per heavy atom. The van der Waals surface area contributed by atoms with E-state index >= 15 is 0 Å². The van der Waals surface area contributed by atoms with Crippen LogP contribution in [0.3, 0.4) is 0 Å². The van der Waals surface area contributed by atoms with E-state index in [-0.39, 0.29) is 5.91 Å². The van der Waals surface area contributed by atoms with E-state index in [2.05, 4.69) is 22.5 Å². The van der Waals surface area contributed by atoms with Crippen LogP contribution in [0.25, 0.3) is 5.69 Å². The van der Waals surface area contributed by atoms with Crippen molar-refractivity contribution in [2.24, 2.45) is 0 Å². The Hall–Kier alpha value is -2.93. The molecule has 0 saturated heterocycles. The molecule has 6 nitrogen and oxygen atoms in total. The van der Waals surface area contributed by atoms with Crippen molar-refractivity contribution in [2.75, 3.05) is 25.3 Å². The second-order valence-corrected chi connectivity index (χ2v) is 6.71. The number of aromatic nitrogens is 2. The summed E-state index contributed by atoms with van der Waals surface area (Å²) in [6, 6.07) is 15.3. The number of anilines is 1. The molecule has 0 radical (unpaired) electrons. The van der Waals surface area contributed by atoms with E-state index in [0.29, 0.717) is 22.9 Å². The van der Waals surface area contributed by atoms with Gasteiger partial charge in [0.25, 0.3) is 0 Å². The molecular formula is C20H21N3O3S. The van der Waals surface area contributed by atoms with Crippen LogP contribution in [0, 0.1) is 0 Å². The van der Waals surface area contributed by atoms with Gasteiger partial charge in [0, 0.05) is 29.9 Å². The van der Waals surface area contributed by atoms with Gasteiger partial charge in [0.2, 0.25) is 5.91 Å². The molecule has 3 aromatic rings. The molecule has 2 aromatic carbocycles. The Morgan fingerprint density at radius 3 is 2.56 bits per heavy atom. The van der Waals surface area contributed by atoms with Gasteiger partial charge >= 0.3 is 0 Å². The Balaban J connectivity index is 1.48. The second-order valence-electron chi connectivity index (χ2n) is 5.73. The number of ether oxygens (including phenoxy) is 2. The third-order valence-electron chi connectivity index (χ3n) is 3.87. The number of hydrogen-bond donors (Lipinski definition) is 1. The molecule has 140 valence electrons. The number of hydrogen-bond acceptors (Lipinski definition) is 5. The average Bonchev–Trinajstić information content (AvgIpc) is 3.23. The summed E-state index contributed by atoms with van der Waals surface area (Å²) < 4.78 is 12.3. The summed E-state index contributed by atoms with van der Waals surface area (Å²) in [6.07, 6.45) is 3.66. The van der Waals surface area contributed by atoms with Crippen molar-refractivity contribution in [3.05, 3.63) is 66.5 Å². The van der Waals surface area contributed by atoms with E-state index in [1.807, 2.05) is 29.1 Å². The molecule has 0 fully saturated rings. The molecule has 0 aliphatic heterocycles. The second kappa shape index (κ2) is 9.14. The Kier molecular flexibility index (Phi) is 6.38. The van der Waals surface area contributed by atoms with Crippen molar-refractivity contribution in [3.63, 3.8) is 0 Å². The quantitative estimate of drug-likeness (QED) is 0.642. The third kappa shape index (κ3) is 5.04. The van der Waals surface area contributed by atoms with E-state index in [4.69, 9.17) is 9.47 Å². The fourth-order valence-electron chi connectivity index (χ4n) is 2.54. The van der Waals surface area contributed by atoms with Crippen LogP contribution in [0.5, 0.6) is 11.5 Å². The van der Waals surface area contributed by atoms with Crippen LogP contribution in [0.15, 0.2) is 60.9 Å². The minimum Gasteiger partial charge on any atom is -0.493 e. The number of nitrogens with one attached hydrogen (secondary N) is 1. The van der Waals surface area contributed by atoms with E-state index in [1.165, 1.54) is 0 Å². The third-order valence-corrected chi connectivity index (χ3v) is 4.88. The van der Waals surface area contributed by atoms with Gasteiger partial charge < -0.3 is 14.8 Å². The lowest BCUT2D eigenvalue weighted by Crippen LogP contribution is -2.14. The molecule has 0 aliphatic rings. The van der Waals surface area contributed by atoms with Crippen molar-refractivity contribution < 1.29 is 14.3 Å². The molecule has 1 aromatic heterocycles. The monoisotopic (exact) mass is 383 g/mol. The van der Waals surface area contributed by atoms with Gasteiger partial charge in [-0.3, -0.25) is 4.79 Å². The van der Waals surface area contributed by atoms with Crippen LogP contribution in [0.2, 0.25) is 0 Å². The molecule has 1 amide bonds. The summed E-state index contributed by atoms with van der Waals surface area (Å²) in [5.41, 5.74) is 2.86. The molecular weight excluding hydrogens is 362 g/mol. The molecule has 0 spiro atoms. The van der Waals surface area contributed by atoms with Gasteiger partial charge in [-0.15, -0.1) is 11.8 Å². The van der Waals surface area contributed by atoms with Crippen molar-refractivity contribution in [1.29, 1.82) is 0 Å². The van der Waals surface area contributed by atoms with Crippen molar-refractivity contribution in [3.8, 4) is 17.2 Å². The molecule has 1 N–H and O–H groups in total. The smallest absolute Gasteiger partial charge is 0.234 e. The number of carbonyl (C=O) groups is 1. The predicted octanol–water partition coefficient (Wildman–Crippen LogP) is 3.76. The number of carbonyl (C=O) groups excluding carboxylic acids is 1. The molecule has 27 heavy (non-hydrogen) atoms. The first-order valence-corrected chi connectivity index (χ1v) is 9.53. The van der Waals surface area contributed by atoms with Crippen molar-refractivity contribution >= 4 is 23.4 Å². The predicted molar refractivity (Wildman–Crippen MR) is 108 cm³/mol. The first kappa shape index (κ1) is 18.8. The van der Waals surface area contributed by atoms with E-state index in [1.54, 1.807) is 50.4 Å². The first-order valence-electron chi connectivity index (χ1n) is 8.38. The van der Waals surface area contributed by atoms with Gasteiger partial charge in [-0.1, -0.05) is 12.1 Å². The number of methoxy groups -OCH3 is 2. The zero-order valence-electron chi connectivity index (χ0n) is 15.2.